The summed E-state index contributed by atoms with van der Waals surface area (Å²) in [6.07, 6.45) is 9.01. The first-order valence-corrected chi connectivity index (χ1v) is 6.95. The van der Waals surface area contributed by atoms with Gasteiger partial charge in [0.05, 0.1) is 12.3 Å². The standard InChI is InChI=1S/C13H18BrNO2/c14-11-6-13(8-15-7-11)17-9-12(16)5-10-3-1-2-4-10/h6-8,10,12,16H,1-5,9H2. The van der Waals surface area contributed by atoms with Crippen molar-refractivity contribution in [3.8, 4) is 5.75 Å². The highest BCUT2D eigenvalue weighted by Crippen LogP contribution is 2.28. The van der Waals surface area contributed by atoms with Gasteiger partial charge in [0.15, 0.2) is 0 Å². The predicted molar refractivity (Wildman–Crippen MR) is 70.0 cm³/mol. The summed E-state index contributed by atoms with van der Waals surface area (Å²) in [6, 6.07) is 1.86. The van der Waals surface area contributed by atoms with Gasteiger partial charge < -0.3 is 9.84 Å². The largest absolute Gasteiger partial charge is 0.489 e. The van der Waals surface area contributed by atoms with Crippen LogP contribution in [0.1, 0.15) is 32.1 Å². The monoisotopic (exact) mass is 299 g/mol. The minimum absolute atomic E-state index is 0.356. The first kappa shape index (κ1) is 12.8. The van der Waals surface area contributed by atoms with Gasteiger partial charge in [0.1, 0.15) is 12.4 Å². The van der Waals surface area contributed by atoms with Crippen LogP contribution in [0.5, 0.6) is 5.75 Å². The van der Waals surface area contributed by atoms with Crippen LogP contribution in [0, 0.1) is 5.92 Å². The summed E-state index contributed by atoms with van der Waals surface area (Å²) in [5, 5.41) is 9.88. The van der Waals surface area contributed by atoms with E-state index in [9.17, 15) is 5.11 Å². The Bertz CT molecular complexity index is 353. The number of aliphatic hydroxyl groups excluding tert-OH is 1. The summed E-state index contributed by atoms with van der Waals surface area (Å²) in [5.74, 6) is 1.39. The van der Waals surface area contributed by atoms with E-state index in [1.54, 1.807) is 12.4 Å². The molecule has 0 aliphatic heterocycles. The van der Waals surface area contributed by atoms with Gasteiger partial charge in [-0.15, -0.1) is 0 Å². The third kappa shape index (κ3) is 4.28. The quantitative estimate of drug-likeness (QED) is 0.908. The van der Waals surface area contributed by atoms with Crippen LogP contribution in [-0.4, -0.2) is 22.8 Å². The lowest BCUT2D eigenvalue weighted by molar-refractivity contribution is 0.0853. The minimum Gasteiger partial charge on any atom is -0.489 e. The fourth-order valence-corrected chi connectivity index (χ4v) is 2.71. The lowest BCUT2D eigenvalue weighted by Crippen LogP contribution is -2.20. The normalized spacial score (nSPS) is 18.2. The van der Waals surface area contributed by atoms with Crippen molar-refractivity contribution in [1.82, 2.24) is 4.98 Å². The third-order valence-corrected chi connectivity index (χ3v) is 3.64. The van der Waals surface area contributed by atoms with E-state index in [1.165, 1.54) is 25.7 Å². The minimum atomic E-state index is -0.364. The van der Waals surface area contributed by atoms with Crippen LogP contribution in [0.4, 0.5) is 0 Å². The fourth-order valence-electron chi connectivity index (χ4n) is 2.36. The molecule has 1 fully saturated rings. The summed E-state index contributed by atoms with van der Waals surface area (Å²) in [4.78, 5) is 4.01. The molecule has 0 radical (unpaired) electrons. The Morgan fingerprint density at radius 2 is 2.18 bits per heavy atom. The molecule has 1 N–H and O–H groups in total. The SMILES string of the molecule is OC(COc1cncc(Br)c1)CC1CCCC1. The van der Waals surface area contributed by atoms with Crippen molar-refractivity contribution in [1.29, 1.82) is 0 Å². The van der Waals surface area contributed by atoms with E-state index in [2.05, 4.69) is 20.9 Å². The highest BCUT2D eigenvalue weighted by atomic mass is 79.9. The van der Waals surface area contributed by atoms with Crippen LogP contribution in [0.3, 0.4) is 0 Å². The van der Waals surface area contributed by atoms with E-state index in [0.717, 1.165) is 10.9 Å². The topological polar surface area (TPSA) is 42.4 Å². The third-order valence-electron chi connectivity index (χ3n) is 3.20. The Hall–Kier alpha value is -0.610. The van der Waals surface area contributed by atoms with Crippen molar-refractivity contribution in [2.24, 2.45) is 5.92 Å². The second-order valence-corrected chi connectivity index (χ2v) is 5.61. The molecule has 4 heteroatoms. The summed E-state index contributed by atoms with van der Waals surface area (Å²) in [7, 11) is 0. The molecule has 0 bridgehead atoms. The highest BCUT2D eigenvalue weighted by Gasteiger charge is 2.19. The second kappa shape index (κ2) is 6.36. The van der Waals surface area contributed by atoms with Crippen molar-refractivity contribution in [2.75, 3.05) is 6.61 Å². The molecule has 3 nitrogen and oxygen atoms in total. The number of hydrogen-bond acceptors (Lipinski definition) is 3. The zero-order valence-corrected chi connectivity index (χ0v) is 11.4. The molecule has 1 unspecified atom stereocenters. The van der Waals surface area contributed by atoms with Crippen LogP contribution < -0.4 is 4.74 Å². The average molecular weight is 300 g/mol. The first-order chi connectivity index (χ1) is 8.24. The van der Waals surface area contributed by atoms with Crippen molar-refractivity contribution in [3.63, 3.8) is 0 Å². The van der Waals surface area contributed by atoms with Crippen molar-refractivity contribution >= 4 is 15.9 Å². The highest BCUT2D eigenvalue weighted by molar-refractivity contribution is 9.10. The van der Waals surface area contributed by atoms with Crippen LogP contribution in [0.25, 0.3) is 0 Å². The Morgan fingerprint density at radius 3 is 2.88 bits per heavy atom. The molecular weight excluding hydrogens is 282 g/mol. The molecule has 0 saturated heterocycles. The number of aromatic nitrogens is 1. The van der Waals surface area contributed by atoms with Crippen LogP contribution in [0.15, 0.2) is 22.9 Å². The van der Waals surface area contributed by atoms with Gasteiger partial charge in [0.2, 0.25) is 0 Å². The molecular formula is C13H18BrNO2. The number of pyridine rings is 1. The van der Waals surface area contributed by atoms with Crippen LogP contribution >= 0.6 is 15.9 Å². The number of aliphatic hydroxyl groups is 1. The van der Waals surface area contributed by atoms with Crippen molar-refractivity contribution in [3.05, 3.63) is 22.9 Å². The van der Waals surface area contributed by atoms with Gasteiger partial charge in [0.25, 0.3) is 0 Å². The van der Waals surface area contributed by atoms with E-state index in [-0.39, 0.29) is 6.10 Å². The van der Waals surface area contributed by atoms with E-state index in [4.69, 9.17) is 4.74 Å². The first-order valence-electron chi connectivity index (χ1n) is 6.15. The molecule has 1 aromatic heterocycles. The number of hydrogen-bond donors (Lipinski definition) is 1. The van der Waals surface area contributed by atoms with Gasteiger partial charge in [-0.2, -0.15) is 0 Å². The smallest absolute Gasteiger partial charge is 0.138 e. The van der Waals surface area contributed by atoms with Gasteiger partial charge in [-0.1, -0.05) is 25.7 Å². The van der Waals surface area contributed by atoms with E-state index < -0.39 is 0 Å². The molecule has 0 aromatic carbocycles. The molecule has 17 heavy (non-hydrogen) atoms. The van der Waals surface area contributed by atoms with E-state index >= 15 is 0 Å². The van der Waals surface area contributed by atoms with E-state index in [0.29, 0.717) is 18.3 Å². The average Bonchev–Trinajstić information content (AvgIpc) is 2.79. The zero-order valence-electron chi connectivity index (χ0n) is 9.81. The zero-order chi connectivity index (χ0) is 12.1. The van der Waals surface area contributed by atoms with Gasteiger partial charge in [-0.25, -0.2) is 0 Å². The maximum absolute atomic E-state index is 9.88. The summed E-state index contributed by atoms with van der Waals surface area (Å²) in [6.45, 7) is 0.356. The number of halogens is 1. The molecule has 2 rings (SSSR count). The Labute approximate surface area is 110 Å². The van der Waals surface area contributed by atoms with Gasteiger partial charge in [-0.05, 0) is 34.3 Å². The maximum atomic E-state index is 9.88. The summed E-state index contributed by atoms with van der Waals surface area (Å²) < 4.78 is 6.41. The molecule has 1 heterocycles. The number of ether oxygens (including phenoxy) is 1. The summed E-state index contributed by atoms with van der Waals surface area (Å²) in [5.41, 5.74) is 0. The van der Waals surface area contributed by atoms with E-state index in [1.807, 2.05) is 6.07 Å². The Morgan fingerprint density at radius 1 is 1.41 bits per heavy atom. The van der Waals surface area contributed by atoms with Crippen molar-refractivity contribution < 1.29 is 9.84 Å². The number of rotatable bonds is 5. The van der Waals surface area contributed by atoms with Crippen molar-refractivity contribution in [2.45, 2.75) is 38.2 Å². The molecule has 1 aromatic rings. The molecule has 1 atom stereocenters. The van der Waals surface area contributed by atoms with Gasteiger partial charge in [0, 0.05) is 10.7 Å². The van der Waals surface area contributed by atoms with Gasteiger partial charge in [-0.3, -0.25) is 4.98 Å². The maximum Gasteiger partial charge on any atom is 0.138 e. The lowest BCUT2D eigenvalue weighted by Gasteiger charge is -2.15. The molecule has 1 aliphatic rings. The molecule has 0 amide bonds. The number of nitrogens with zero attached hydrogens (tertiary/aromatic N) is 1. The van der Waals surface area contributed by atoms with Crippen LogP contribution in [0.2, 0.25) is 0 Å². The van der Waals surface area contributed by atoms with Gasteiger partial charge >= 0.3 is 0 Å². The summed E-state index contributed by atoms with van der Waals surface area (Å²) >= 11 is 3.34. The Balaban J connectivity index is 1.73. The van der Waals surface area contributed by atoms with Crippen LogP contribution in [-0.2, 0) is 0 Å². The Kier molecular flexibility index (Phi) is 4.80. The predicted octanol–water partition coefficient (Wildman–Crippen LogP) is 3.16. The molecule has 94 valence electrons. The fraction of sp³-hybridized carbons (Fsp3) is 0.615. The molecule has 0 spiro atoms. The molecule has 1 saturated carbocycles. The lowest BCUT2D eigenvalue weighted by atomic mass is 10.0. The second-order valence-electron chi connectivity index (χ2n) is 4.69. The molecule has 1 aliphatic carbocycles.